The Kier molecular flexibility index (Phi) is 5.95. The van der Waals surface area contributed by atoms with Gasteiger partial charge in [0.1, 0.15) is 18.3 Å². The number of hydrogen-bond donors (Lipinski definition) is 3. The molecule has 7 nitrogen and oxygen atoms in total. The van der Waals surface area contributed by atoms with Crippen LogP contribution < -0.4 is 10.6 Å². The highest BCUT2D eigenvalue weighted by Gasteiger charge is 2.27. The van der Waals surface area contributed by atoms with E-state index < -0.39 is 29.9 Å². The first-order valence-electron chi connectivity index (χ1n) is 6.73. The van der Waals surface area contributed by atoms with Crippen LogP contribution in [0.25, 0.3) is 0 Å². The van der Waals surface area contributed by atoms with E-state index in [2.05, 4.69) is 10.6 Å². The molecule has 1 unspecified atom stereocenters. The Morgan fingerprint density at radius 2 is 1.95 bits per heavy atom. The van der Waals surface area contributed by atoms with Crippen molar-refractivity contribution >= 4 is 17.8 Å². The molecule has 0 spiro atoms. The summed E-state index contributed by atoms with van der Waals surface area (Å²) < 4.78 is 4.78. The molecule has 1 aromatic heterocycles. The van der Waals surface area contributed by atoms with Crippen LogP contribution in [0.15, 0.2) is 23.0 Å². The Morgan fingerprint density at radius 1 is 1.29 bits per heavy atom. The normalized spacial score (nSPS) is 14.8. The predicted molar refractivity (Wildman–Crippen MR) is 74.7 cm³/mol. The molecule has 7 heteroatoms. The van der Waals surface area contributed by atoms with Crippen LogP contribution in [0.3, 0.4) is 0 Å². The van der Waals surface area contributed by atoms with Gasteiger partial charge in [-0.3, -0.25) is 9.59 Å². The molecule has 0 bridgehead atoms. The Bertz CT molecular complexity index is 497. The van der Waals surface area contributed by atoms with Crippen molar-refractivity contribution in [3.05, 3.63) is 24.2 Å². The Hall–Kier alpha value is -2.31. The molecule has 1 rings (SSSR count). The highest BCUT2D eigenvalue weighted by Crippen LogP contribution is 2.08. The number of carboxylic acid groups (broad SMARTS) is 1. The van der Waals surface area contributed by atoms with E-state index in [4.69, 9.17) is 9.52 Å². The van der Waals surface area contributed by atoms with E-state index in [9.17, 15) is 14.4 Å². The lowest BCUT2D eigenvalue weighted by Crippen LogP contribution is -2.52. The standard InChI is InChI=1S/C14H20N2O5/c1-4-8(2)11(14(19)20)16-12(17)9(3)15-13(18)10-5-6-21-7-10/h5-9,11H,4H2,1-3H3,(H,15,18)(H,16,17)(H,19,20)/t8-,9?,11-/m0/s1. The second kappa shape index (κ2) is 7.47. The van der Waals surface area contributed by atoms with Crippen LogP contribution in [-0.4, -0.2) is 35.0 Å². The SMILES string of the molecule is CC[C@H](C)[C@H](NC(=O)C(C)NC(=O)c1ccoc1)C(=O)O. The number of aliphatic carboxylic acids is 1. The topological polar surface area (TPSA) is 109 Å². The Balaban J connectivity index is 2.61. The van der Waals surface area contributed by atoms with Crippen LogP contribution >= 0.6 is 0 Å². The van der Waals surface area contributed by atoms with Crippen molar-refractivity contribution in [3.63, 3.8) is 0 Å². The summed E-state index contributed by atoms with van der Waals surface area (Å²) >= 11 is 0. The van der Waals surface area contributed by atoms with Gasteiger partial charge in [0.05, 0.1) is 11.8 Å². The van der Waals surface area contributed by atoms with Gasteiger partial charge in [-0.25, -0.2) is 4.79 Å². The Labute approximate surface area is 122 Å². The highest BCUT2D eigenvalue weighted by molar-refractivity contribution is 5.97. The van der Waals surface area contributed by atoms with Gasteiger partial charge in [0.15, 0.2) is 0 Å². The molecule has 0 radical (unpaired) electrons. The minimum atomic E-state index is -1.09. The summed E-state index contributed by atoms with van der Waals surface area (Å²) in [5.41, 5.74) is 0.298. The van der Waals surface area contributed by atoms with Crippen molar-refractivity contribution in [2.45, 2.75) is 39.3 Å². The minimum absolute atomic E-state index is 0.205. The number of carboxylic acids is 1. The highest BCUT2D eigenvalue weighted by atomic mass is 16.4. The second-order valence-electron chi connectivity index (χ2n) is 4.92. The van der Waals surface area contributed by atoms with E-state index >= 15 is 0 Å². The zero-order valence-electron chi connectivity index (χ0n) is 12.3. The van der Waals surface area contributed by atoms with Gasteiger partial charge >= 0.3 is 5.97 Å². The fourth-order valence-corrected chi connectivity index (χ4v) is 1.70. The number of carbonyl (C=O) groups excluding carboxylic acids is 2. The summed E-state index contributed by atoms with van der Waals surface area (Å²) in [5, 5.41) is 14.0. The zero-order chi connectivity index (χ0) is 16.0. The van der Waals surface area contributed by atoms with Crippen LogP contribution in [0, 0.1) is 5.92 Å². The number of amides is 2. The number of nitrogens with one attached hydrogen (secondary N) is 2. The second-order valence-corrected chi connectivity index (χ2v) is 4.92. The summed E-state index contributed by atoms with van der Waals surface area (Å²) in [7, 11) is 0. The summed E-state index contributed by atoms with van der Waals surface area (Å²) in [4.78, 5) is 34.9. The average Bonchev–Trinajstić information content (AvgIpc) is 2.97. The molecule has 0 fully saturated rings. The molecular weight excluding hydrogens is 276 g/mol. The summed E-state index contributed by atoms with van der Waals surface area (Å²) in [6.45, 7) is 5.08. The third-order valence-corrected chi connectivity index (χ3v) is 3.30. The molecule has 0 aromatic carbocycles. The van der Waals surface area contributed by atoms with Gasteiger partial charge in [0.2, 0.25) is 5.91 Å². The number of furan rings is 1. The summed E-state index contributed by atoms with van der Waals surface area (Å²) in [6.07, 6.45) is 3.23. The van der Waals surface area contributed by atoms with Crippen molar-refractivity contribution in [1.29, 1.82) is 0 Å². The monoisotopic (exact) mass is 296 g/mol. The van der Waals surface area contributed by atoms with Gasteiger partial charge in [-0.15, -0.1) is 0 Å². The van der Waals surface area contributed by atoms with Crippen molar-refractivity contribution < 1.29 is 23.9 Å². The van der Waals surface area contributed by atoms with Crippen molar-refractivity contribution in [2.75, 3.05) is 0 Å². The number of hydrogen-bond acceptors (Lipinski definition) is 4. The third kappa shape index (κ3) is 4.62. The maximum Gasteiger partial charge on any atom is 0.326 e. The first-order valence-corrected chi connectivity index (χ1v) is 6.73. The lowest BCUT2D eigenvalue weighted by atomic mass is 9.99. The molecule has 1 aromatic rings. The molecule has 0 aliphatic rings. The summed E-state index contributed by atoms with van der Waals surface area (Å²) in [5.74, 6) is -2.30. The fraction of sp³-hybridized carbons (Fsp3) is 0.500. The van der Waals surface area contributed by atoms with Crippen molar-refractivity contribution in [1.82, 2.24) is 10.6 Å². The summed E-state index contributed by atoms with van der Waals surface area (Å²) in [6, 6.07) is -0.354. The number of rotatable bonds is 7. The third-order valence-electron chi connectivity index (χ3n) is 3.30. The quantitative estimate of drug-likeness (QED) is 0.696. The van der Waals surface area contributed by atoms with Gasteiger partial charge in [-0.1, -0.05) is 20.3 Å². The van der Waals surface area contributed by atoms with Gasteiger partial charge < -0.3 is 20.2 Å². The van der Waals surface area contributed by atoms with E-state index in [-0.39, 0.29) is 5.92 Å². The van der Waals surface area contributed by atoms with Crippen molar-refractivity contribution in [2.24, 2.45) is 5.92 Å². The van der Waals surface area contributed by atoms with Gasteiger partial charge in [0, 0.05) is 0 Å². The molecule has 21 heavy (non-hydrogen) atoms. The zero-order valence-corrected chi connectivity index (χ0v) is 12.3. The van der Waals surface area contributed by atoms with Gasteiger partial charge in [-0.05, 0) is 18.9 Å². The van der Waals surface area contributed by atoms with Crippen LogP contribution in [-0.2, 0) is 9.59 Å². The maximum absolute atomic E-state index is 12.0. The predicted octanol–water partition coefficient (Wildman–Crippen LogP) is 1.01. The fourth-order valence-electron chi connectivity index (χ4n) is 1.70. The van der Waals surface area contributed by atoms with Gasteiger partial charge in [-0.2, -0.15) is 0 Å². The van der Waals surface area contributed by atoms with Crippen molar-refractivity contribution in [3.8, 4) is 0 Å². The number of carbonyl (C=O) groups is 3. The van der Waals surface area contributed by atoms with E-state index in [1.807, 2.05) is 6.92 Å². The molecule has 1 heterocycles. The molecule has 2 amide bonds. The minimum Gasteiger partial charge on any atom is -0.480 e. The maximum atomic E-state index is 12.0. The van der Waals surface area contributed by atoms with E-state index in [0.29, 0.717) is 12.0 Å². The molecule has 3 N–H and O–H groups in total. The molecule has 3 atom stereocenters. The molecule has 0 saturated carbocycles. The first kappa shape index (κ1) is 16.7. The lowest BCUT2D eigenvalue weighted by Gasteiger charge is -2.22. The van der Waals surface area contributed by atoms with Gasteiger partial charge in [0.25, 0.3) is 5.91 Å². The van der Waals surface area contributed by atoms with Crippen LogP contribution in [0.2, 0.25) is 0 Å². The lowest BCUT2D eigenvalue weighted by molar-refractivity contribution is -0.143. The van der Waals surface area contributed by atoms with Crippen LogP contribution in [0.1, 0.15) is 37.6 Å². The Morgan fingerprint density at radius 3 is 2.43 bits per heavy atom. The smallest absolute Gasteiger partial charge is 0.326 e. The molecule has 0 aliphatic heterocycles. The molecule has 0 aliphatic carbocycles. The van der Waals surface area contributed by atoms with E-state index in [1.54, 1.807) is 6.92 Å². The first-order chi connectivity index (χ1) is 9.86. The van der Waals surface area contributed by atoms with Crippen LogP contribution in [0.5, 0.6) is 0 Å². The average molecular weight is 296 g/mol. The van der Waals surface area contributed by atoms with E-state index in [0.717, 1.165) is 0 Å². The molecule has 0 saturated heterocycles. The van der Waals surface area contributed by atoms with Crippen LogP contribution in [0.4, 0.5) is 0 Å². The molecule has 116 valence electrons. The largest absolute Gasteiger partial charge is 0.480 e. The van der Waals surface area contributed by atoms with E-state index in [1.165, 1.54) is 25.5 Å². The molecular formula is C14H20N2O5.